The molecule has 7 N–H and O–H groups in total. The van der Waals surface area contributed by atoms with E-state index in [4.69, 9.17) is 5.73 Å². The number of carboxylic acids is 3. The van der Waals surface area contributed by atoms with Crippen LogP contribution >= 0.6 is 47.8 Å². The summed E-state index contributed by atoms with van der Waals surface area (Å²) in [6.07, 6.45) is 8.46. The zero-order valence-electron chi connectivity index (χ0n) is 64.8. The van der Waals surface area contributed by atoms with Crippen molar-refractivity contribution in [3.8, 4) is 0 Å². The summed E-state index contributed by atoms with van der Waals surface area (Å²) in [6.45, 7) is 6.81. The summed E-state index contributed by atoms with van der Waals surface area (Å²) < 4.78 is 2.64. The Morgan fingerprint density at radius 3 is 0.860 bits per heavy atom. The van der Waals surface area contributed by atoms with Crippen LogP contribution in [0, 0.1) is 23.7 Å². The van der Waals surface area contributed by atoms with Crippen molar-refractivity contribution < 1.29 is 53.7 Å². The lowest BCUT2D eigenvalue weighted by atomic mass is 9.78. The van der Waals surface area contributed by atoms with Gasteiger partial charge in [0.2, 0.25) is 29.5 Å². The van der Waals surface area contributed by atoms with Gasteiger partial charge < -0.3 is 46.4 Å². The van der Waals surface area contributed by atoms with Gasteiger partial charge in [-0.05, 0) is 144 Å². The number of rotatable bonds is 34. The zero-order valence-corrected chi connectivity index (χ0v) is 69.6. The monoisotopic (exact) mass is 1730 g/mol. The lowest BCUT2D eigenvalue weighted by molar-refractivity contribution is -0.150. The van der Waals surface area contributed by atoms with Crippen LogP contribution < -0.4 is 16.4 Å². The quantitative estimate of drug-likeness (QED) is 0.0220. The molecule has 0 spiro atoms. The van der Waals surface area contributed by atoms with Gasteiger partial charge in [-0.2, -0.15) is 0 Å². The van der Waals surface area contributed by atoms with E-state index in [1.807, 2.05) is 174 Å². The first-order valence-electron chi connectivity index (χ1n) is 39.7. The summed E-state index contributed by atoms with van der Waals surface area (Å²) >= 11 is 10.3. The smallest absolute Gasteiger partial charge is 0.307 e. The second-order valence-corrected chi connectivity index (χ2v) is 32.0. The van der Waals surface area contributed by atoms with E-state index in [2.05, 4.69) is 138 Å². The first kappa shape index (κ1) is 88.1. The maximum atomic E-state index is 14.3. The lowest BCUT2D eigenvalue weighted by Crippen LogP contribution is -2.47. The molecular formula is C94H105Br3N6O11. The van der Waals surface area contributed by atoms with Crippen LogP contribution in [0.5, 0.6) is 0 Å². The molecule has 5 amide bonds. The summed E-state index contributed by atoms with van der Waals surface area (Å²) in [4.78, 5) is 109. The van der Waals surface area contributed by atoms with Crippen molar-refractivity contribution in [3.05, 3.63) is 318 Å². The van der Waals surface area contributed by atoms with Gasteiger partial charge in [0.1, 0.15) is 18.1 Å². The molecule has 2 aliphatic rings. The predicted molar refractivity (Wildman–Crippen MR) is 458 cm³/mol. The summed E-state index contributed by atoms with van der Waals surface area (Å²) in [5.74, 6) is -7.06. The second kappa shape index (κ2) is 45.9. The normalized spacial score (nSPS) is 15.9. The topological polar surface area (TPSA) is 257 Å². The van der Waals surface area contributed by atoms with Crippen LogP contribution in [0.25, 0.3) is 0 Å². The van der Waals surface area contributed by atoms with Gasteiger partial charge in [0.25, 0.3) is 0 Å². The number of hydrogen-bond donors (Lipinski definition) is 6. The van der Waals surface area contributed by atoms with E-state index >= 15 is 0 Å². The first-order chi connectivity index (χ1) is 55.2. The van der Waals surface area contributed by atoms with Gasteiger partial charge in [0.15, 0.2) is 0 Å². The van der Waals surface area contributed by atoms with Crippen molar-refractivity contribution in [2.24, 2.45) is 29.4 Å². The number of nitrogens with zero attached hydrogens (tertiary/aromatic N) is 3. The maximum Gasteiger partial charge on any atom is 0.307 e. The molecule has 114 heavy (non-hydrogen) atoms. The molecule has 20 heteroatoms. The molecule has 3 unspecified atom stereocenters. The van der Waals surface area contributed by atoms with E-state index < -0.39 is 71.5 Å². The minimum atomic E-state index is -1.10. The Morgan fingerprint density at radius 1 is 0.342 bits per heavy atom. The number of nitrogens with one attached hydrogen (secondary N) is 2. The minimum Gasteiger partial charge on any atom is -0.481 e. The van der Waals surface area contributed by atoms with Crippen LogP contribution in [0.2, 0.25) is 0 Å². The van der Waals surface area contributed by atoms with E-state index in [1.165, 1.54) is 27.2 Å². The van der Waals surface area contributed by atoms with Crippen molar-refractivity contribution in [2.75, 3.05) is 39.3 Å². The fourth-order valence-corrected chi connectivity index (χ4v) is 16.3. The van der Waals surface area contributed by atoms with Crippen molar-refractivity contribution in [1.29, 1.82) is 0 Å². The number of benzene rings is 9. The molecule has 598 valence electrons. The van der Waals surface area contributed by atoms with Crippen LogP contribution in [0.4, 0.5) is 0 Å². The van der Waals surface area contributed by atoms with Gasteiger partial charge in [-0.3, -0.25) is 38.4 Å². The zero-order chi connectivity index (χ0) is 81.3. The van der Waals surface area contributed by atoms with Gasteiger partial charge in [0.05, 0.1) is 30.1 Å². The number of hydrogen-bond acceptors (Lipinski definition) is 9. The lowest BCUT2D eigenvalue weighted by Gasteiger charge is -2.32. The van der Waals surface area contributed by atoms with Gasteiger partial charge in [-0.15, -0.1) is 0 Å². The van der Waals surface area contributed by atoms with Gasteiger partial charge in [-0.1, -0.05) is 306 Å². The molecule has 9 aromatic rings. The van der Waals surface area contributed by atoms with E-state index in [9.17, 15) is 53.7 Å². The Bertz CT molecular complexity index is 4360. The molecule has 0 bridgehead atoms. The highest BCUT2D eigenvalue weighted by atomic mass is 79.9. The molecule has 2 fully saturated rings. The van der Waals surface area contributed by atoms with Gasteiger partial charge in [-0.25, -0.2) is 0 Å². The number of aliphatic carboxylic acids is 3. The third kappa shape index (κ3) is 26.1. The van der Waals surface area contributed by atoms with Crippen LogP contribution in [-0.2, 0) is 38.4 Å². The third-order valence-electron chi connectivity index (χ3n) is 21.6. The Morgan fingerprint density at radius 2 is 0.596 bits per heavy atom. The SMILES string of the molecule is CCCN(CCC(c1ccccc1)c1ccccc1)C(=O)C(N)c1ccc(Br)cc1.CCCN(CCC(c1ccccc1)c1ccccc1)C(=O)C(NC(=O)[C@@H]1CCCC[C@H]1C(=O)O)c1ccc(Br)cc1.O=C(O)CCN(CCC(c1ccccc1)c1ccccc1)C(=O)C(NC(=O)[C@@H]1CCCC[C@H]1C(=O)O)c1ccc(Br)cc1. The second-order valence-electron chi connectivity index (χ2n) is 29.3. The Balaban J connectivity index is 0.000000199. The largest absolute Gasteiger partial charge is 0.481 e. The Kier molecular flexibility index (Phi) is 35.5. The molecule has 9 aromatic carbocycles. The molecule has 0 heterocycles. The maximum absolute atomic E-state index is 14.3. The Hall–Kier alpha value is -9.86. The summed E-state index contributed by atoms with van der Waals surface area (Å²) in [7, 11) is 0. The highest BCUT2D eigenvalue weighted by Gasteiger charge is 2.41. The molecular weight excluding hydrogens is 1630 g/mol. The summed E-state index contributed by atoms with van der Waals surface area (Å²) in [5.41, 5.74) is 15.5. The Labute approximate surface area is 695 Å². The first-order valence-corrected chi connectivity index (χ1v) is 42.1. The minimum absolute atomic E-state index is 0.0148. The van der Waals surface area contributed by atoms with Crippen molar-refractivity contribution in [3.63, 3.8) is 0 Å². The highest BCUT2D eigenvalue weighted by Crippen LogP contribution is 2.37. The molecule has 7 atom stereocenters. The fraction of sp³-hybridized carbons (Fsp3) is 0.340. The van der Waals surface area contributed by atoms with Crippen LogP contribution in [0.3, 0.4) is 0 Å². The standard InChI is InChI=1S/C34H37BrN2O6.C34H39BrN2O4.C26H29BrN2O/c35-26-17-15-25(16-18-26)31(36-32(40)28-13-7-8-14-29(28)34(42)43)33(41)37(22-20-30(38)39)21-19-27(23-9-3-1-4-10-23)24-11-5-2-6-12-24;1-2-22-37(23-21-28(24-11-5-3-6-12-24)25-13-7-4-8-14-25)33(39)31(26-17-19-27(35)20-18-26)36-32(38)29-15-9-10-16-30(29)34(40)41;1-2-18-29(26(30)25(28)22-13-15-23(27)16-14-22)19-17-24(20-9-5-3-6-10-20)21-11-7-4-8-12-21/h1-6,9-12,15-18,27-29,31H,7-8,13-14,19-22H2,(H,36,40)(H,38,39)(H,42,43);3-8,11-14,17-20,28-31H,2,9-10,15-16,21-23H2,1H3,(H,36,38)(H,40,41);3-16,24-25H,2,17-19,28H2,1H3/t28-,29-,31?;29-,30-,31?;/m11./s1. The molecule has 0 saturated heterocycles. The van der Waals surface area contributed by atoms with E-state index in [1.54, 1.807) is 24.3 Å². The predicted octanol–water partition coefficient (Wildman–Crippen LogP) is 18.9. The summed E-state index contributed by atoms with van der Waals surface area (Å²) in [6, 6.07) is 81.0. The number of carbonyl (C=O) groups excluding carboxylic acids is 5. The van der Waals surface area contributed by atoms with Crippen LogP contribution in [-0.4, -0.2) is 117 Å². The van der Waals surface area contributed by atoms with Crippen LogP contribution in [0.1, 0.15) is 190 Å². The third-order valence-corrected chi connectivity index (χ3v) is 23.2. The molecule has 17 nitrogen and oxygen atoms in total. The molecule has 0 radical (unpaired) electrons. The fourth-order valence-electron chi connectivity index (χ4n) is 15.6. The average molecular weight is 1730 g/mol. The molecule has 11 rings (SSSR count). The molecule has 2 saturated carbocycles. The van der Waals surface area contributed by atoms with Crippen molar-refractivity contribution >= 4 is 95.2 Å². The highest BCUT2D eigenvalue weighted by molar-refractivity contribution is 9.11. The van der Waals surface area contributed by atoms with E-state index in [0.29, 0.717) is 69.4 Å². The van der Waals surface area contributed by atoms with Gasteiger partial charge in [0, 0.05) is 70.4 Å². The summed E-state index contributed by atoms with van der Waals surface area (Å²) in [5, 5.41) is 34.9. The molecule has 0 aliphatic heterocycles. The van der Waals surface area contributed by atoms with Crippen molar-refractivity contribution in [2.45, 2.75) is 140 Å². The number of carbonyl (C=O) groups is 8. The molecule has 2 aliphatic carbocycles. The molecule has 0 aromatic heterocycles. The van der Waals surface area contributed by atoms with Crippen LogP contribution in [0.15, 0.2) is 268 Å². The van der Waals surface area contributed by atoms with E-state index in [-0.39, 0.29) is 55.0 Å². The average Bonchev–Trinajstić information content (AvgIpc) is 0.833. The van der Waals surface area contributed by atoms with E-state index in [0.717, 1.165) is 81.5 Å². The number of nitrogens with two attached hydrogens (primary N) is 1. The van der Waals surface area contributed by atoms with Gasteiger partial charge >= 0.3 is 17.9 Å². The number of amides is 5. The number of halogens is 3. The number of carboxylic acid groups (broad SMARTS) is 3. The van der Waals surface area contributed by atoms with Crippen molar-refractivity contribution in [1.82, 2.24) is 25.3 Å².